The minimum Gasteiger partial charge on any atom is -0.403 e. The van der Waals surface area contributed by atoms with E-state index < -0.39 is 0 Å². The molecule has 24 heavy (non-hydrogen) atoms. The number of Topliss-reactive ketones (excluding diaryl/α,β-unsaturated/α-hetero) is 1. The molecule has 0 aromatic heterocycles. The fourth-order valence-corrected chi connectivity index (χ4v) is 3.48. The van der Waals surface area contributed by atoms with Gasteiger partial charge in [-0.3, -0.25) is 4.79 Å². The molecule has 0 spiro atoms. The fraction of sp³-hybridized carbons (Fsp3) is 0.550. The minimum absolute atomic E-state index is 0.300. The summed E-state index contributed by atoms with van der Waals surface area (Å²) in [5.41, 5.74) is 0.365. The van der Waals surface area contributed by atoms with Crippen LogP contribution in [0.15, 0.2) is 36.4 Å². The van der Waals surface area contributed by atoms with Gasteiger partial charge in [0.15, 0.2) is 0 Å². The molecule has 0 N–H and O–H groups in total. The van der Waals surface area contributed by atoms with Crippen LogP contribution in [0.2, 0.25) is 5.31 Å². The lowest BCUT2D eigenvalue weighted by Gasteiger charge is -2.35. The molecule has 2 aliphatic rings. The maximum atomic E-state index is 12.2. The number of ketones is 1. The average Bonchev–Trinajstić information content (AvgIpc) is 2.75. The quantitative estimate of drug-likeness (QED) is 0.757. The molecule has 1 atom stereocenters. The van der Waals surface area contributed by atoms with Crippen LogP contribution in [0.4, 0.5) is 0 Å². The summed E-state index contributed by atoms with van der Waals surface area (Å²) in [5.74, 6) is 0.300. The van der Waals surface area contributed by atoms with Crippen molar-refractivity contribution < 1.29 is 14.1 Å². The van der Waals surface area contributed by atoms with Crippen molar-refractivity contribution in [2.24, 2.45) is 0 Å². The van der Waals surface area contributed by atoms with Crippen LogP contribution in [-0.2, 0) is 14.1 Å². The third kappa shape index (κ3) is 3.22. The summed E-state index contributed by atoms with van der Waals surface area (Å²) in [6.07, 6.45) is 7.22. The van der Waals surface area contributed by atoms with Gasteiger partial charge in [0.2, 0.25) is 0 Å². The van der Waals surface area contributed by atoms with Gasteiger partial charge < -0.3 is 9.31 Å². The molecule has 128 valence electrons. The zero-order chi connectivity index (χ0) is 17.4. The summed E-state index contributed by atoms with van der Waals surface area (Å²) in [7, 11) is -0.383. The molecule has 1 heterocycles. The van der Waals surface area contributed by atoms with E-state index >= 15 is 0 Å². The molecule has 1 aromatic carbocycles. The minimum atomic E-state index is -0.383. The zero-order valence-electron chi connectivity index (χ0n) is 15.2. The number of rotatable bonds is 3. The molecule has 3 rings (SSSR count). The highest BCUT2D eigenvalue weighted by Crippen LogP contribution is 2.52. The Morgan fingerprint density at radius 3 is 2.25 bits per heavy atom. The first kappa shape index (κ1) is 17.4. The molecule has 0 amide bonds. The van der Waals surface area contributed by atoms with E-state index in [0.29, 0.717) is 18.6 Å². The van der Waals surface area contributed by atoms with Crippen molar-refractivity contribution in [1.82, 2.24) is 0 Å². The standard InChI is InChI=1S/C20H27BO3/c1-18(2)19(3,4)24-21(23-18)20(13-8-11-17(22)15-20)14-12-16-9-6-5-7-10-16/h5-7,9-10,12,14H,8,11,13,15H2,1-4H3/b14-12+/t20-/m0/s1. The summed E-state index contributed by atoms with van der Waals surface area (Å²) in [6.45, 7) is 8.25. The van der Waals surface area contributed by atoms with E-state index in [9.17, 15) is 4.79 Å². The predicted molar refractivity (Wildman–Crippen MR) is 97.7 cm³/mol. The third-order valence-electron chi connectivity index (χ3n) is 5.75. The maximum absolute atomic E-state index is 12.2. The Kier molecular flexibility index (Phi) is 4.48. The molecule has 2 fully saturated rings. The average molecular weight is 326 g/mol. The first-order valence-corrected chi connectivity index (χ1v) is 8.86. The van der Waals surface area contributed by atoms with E-state index in [4.69, 9.17) is 9.31 Å². The molecular weight excluding hydrogens is 299 g/mol. The highest BCUT2D eigenvalue weighted by Gasteiger charge is 2.59. The monoisotopic (exact) mass is 326 g/mol. The largest absolute Gasteiger partial charge is 0.469 e. The van der Waals surface area contributed by atoms with E-state index in [1.54, 1.807) is 0 Å². The number of carbonyl (C=O) groups excluding carboxylic acids is 1. The fourth-order valence-electron chi connectivity index (χ4n) is 3.48. The van der Waals surface area contributed by atoms with Crippen LogP contribution in [0, 0.1) is 0 Å². The Morgan fingerprint density at radius 2 is 1.67 bits per heavy atom. The topological polar surface area (TPSA) is 35.5 Å². The van der Waals surface area contributed by atoms with Gasteiger partial charge in [0.25, 0.3) is 0 Å². The Bertz CT molecular complexity index is 620. The Balaban J connectivity index is 1.92. The number of hydrogen-bond donors (Lipinski definition) is 0. The van der Waals surface area contributed by atoms with Gasteiger partial charge in [0, 0.05) is 18.2 Å². The second-order valence-corrected chi connectivity index (χ2v) is 8.13. The lowest BCUT2D eigenvalue weighted by atomic mass is 9.50. The number of carbonyl (C=O) groups is 1. The van der Waals surface area contributed by atoms with Crippen molar-refractivity contribution in [2.75, 3.05) is 0 Å². The third-order valence-corrected chi connectivity index (χ3v) is 5.75. The maximum Gasteiger partial charge on any atom is 0.469 e. The van der Waals surface area contributed by atoms with E-state index in [0.717, 1.165) is 18.4 Å². The molecular formula is C20H27BO3. The second kappa shape index (κ2) is 6.16. The van der Waals surface area contributed by atoms with Crippen molar-refractivity contribution in [3.63, 3.8) is 0 Å². The van der Waals surface area contributed by atoms with Crippen LogP contribution < -0.4 is 0 Å². The molecule has 1 aliphatic carbocycles. The van der Waals surface area contributed by atoms with Crippen molar-refractivity contribution in [1.29, 1.82) is 0 Å². The normalized spacial score (nSPS) is 29.3. The number of benzene rings is 1. The van der Waals surface area contributed by atoms with Gasteiger partial charge in [-0.15, -0.1) is 0 Å². The highest BCUT2D eigenvalue weighted by molar-refractivity contribution is 6.51. The van der Waals surface area contributed by atoms with Crippen LogP contribution in [0.25, 0.3) is 6.08 Å². The van der Waals surface area contributed by atoms with Gasteiger partial charge in [-0.1, -0.05) is 42.5 Å². The van der Waals surface area contributed by atoms with Gasteiger partial charge in [-0.25, -0.2) is 0 Å². The van der Waals surface area contributed by atoms with Gasteiger partial charge in [0.1, 0.15) is 5.78 Å². The van der Waals surface area contributed by atoms with Gasteiger partial charge >= 0.3 is 7.12 Å². The summed E-state index contributed by atoms with van der Waals surface area (Å²) in [6, 6.07) is 10.2. The van der Waals surface area contributed by atoms with E-state index in [1.165, 1.54) is 0 Å². The molecule has 1 saturated heterocycles. The Hall–Kier alpha value is -1.39. The molecule has 0 unspecified atom stereocenters. The number of hydrogen-bond acceptors (Lipinski definition) is 3. The van der Waals surface area contributed by atoms with Crippen LogP contribution in [-0.4, -0.2) is 24.1 Å². The van der Waals surface area contributed by atoms with E-state index in [2.05, 4.69) is 52.0 Å². The first-order valence-electron chi connectivity index (χ1n) is 8.86. The predicted octanol–water partition coefficient (Wildman–Crippen LogP) is 4.68. The van der Waals surface area contributed by atoms with Crippen molar-refractivity contribution in [2.45, 2.75) is 69.9 Å². The van der Waals surface area contributed by atoms with Crippen molar-refractivity contribution in [3.8, 4) is 0 Å². The lowest BCUT2D eigenvalue weighted by molar-refractivity contribution is -0.121. The summed E-state index contributed by atoms with van der Waals surface area (Å²) < 4.78 is 12.6. The van der Waals surface area contributed by atoms with E-state index in [1.807, 2.05) is 18.2 Å². The lowest BCUT2D eigenvalue weighted by Crippen LogP contribution is -2.41. The summed E-state index contributed by atoms with van der Waals surface area (Å²) in [4.78, 5) is 12.2. The van der Waals surface area contributed by atoms with Crippen LogP contribution in [0.3, 0.4) is 0 Å². The first-order chi connectivity index (χ1) is 11.2. The van der Waals surface area contributed by atoms with Crippen LogP contribution in [0.1, 0.15) is 58.9 Å². The molecule has 1 aromatic rings. The molecule has 4 heteroatoms. The Morgan fingerprint density at radius 1 is 1.04 bits per heavy atom. The molecule has 1 aliphatic heterocycles. The van der Waals surface area contributed by atoms with Crippen molar-refractivity contribution in [3.05, 3.63) is 42.0 Å². The van der Waals surface area contributed by atoms with Gasteiger partial charge in [-0.05, 0) is 46.1 Å². The molecule has 1 saturated carbocycles. The van der Waals surface area contributed by atoms with Crippen LogP contribution >= 0.6 is 0 Å². The zero-order valence-corrected chi connectivity index (χ0v) is 15.2. The molecule has 0 bridgehead atoms. The second-order valence-electron chi connectivity index (χ2n) is 8.13. The Labute approximate surface area is 145 Å². The molecule has 3 nitrogen and oxygen atoms in total. The van der Waals surface area contributed by atoms with Crippen LogP contribution in [0.5, 0.6) is 0 Å². The van der Waals surface area contributed by atoms with E-state index in [-0.39, 0.29) is 23.6 Å². The van der Waals surface area contributed by atoms with Crippen molar-refractivity contribution >= 4 is 19.0 Å². The SMILES string of the molecule is CC1(C)OB([C@]2(/C=C/c3ccccc3)CCCC(=O)C2)OC1(C)C. The summed E-state index contributed by atoms with van der Waals surface area (Å²) >= 11 is 0. The highest BCUT2D eigenvalue weighted by atomic mass is 16.7. The molecule has 0 radical (unpaired) electrons. The summed E-state index contributed by atoms with van der Waals surface area (Å²) in [5, 5.41) is -0.379. The number of allylic oxidation sites excluding steroid dienone is 1. The smallest absolute Gasteiger partial charge is 0.403 e. The van der Waals surface area contributed by atoms with Gasteiger partial charge in [0.05, 0.1) is 11.2 Å². The van der Waals surface area contributed by atoms with Gasteiger partial charge in [-0.2, -0.15) is 0 Å².